The van der Waals surface area contributed by atoms with Gasteiger partial charge in [0.15, 0.2) is 0 Å². The number of hydrogen-bond acceptors (Lipinski definition) is 1. The second-order valence-electron chi connectivity index (χ2n) is 7.99. The topological polar surface area (TPSA) is 12.0 Å². The van der Waals surface area contributed by atoms with Crippen molar-refractivity contribution in [3.05, 3.63) is 83.9 Å². The summed E-state index contributed by atoms with van der Waals surface area (Å²) in [6.07, 6.45) is 11.5. The summed E-state index contributed by atoms with van der Waals surface area (Å²) in [4.78, 5) is 0. The number of allylic oxidation sites excluding steroid dienone is 2. The Morgan fingerprint density at radius 2 is 1.60 bits per heavy atom. The van der Waals surface area contributed by atoms with E-state index in [4.69, 9.17) is 0 Å². The second kappa shape index (κ2) is 7.17. The van der Waals surface area contributed by atoms with Gasteiger partial charge in [-0.2, -0.15) is 0 Å². The molecule has 25 heavy (non-hydrogen) atoms. The number of hydrogen-bond donors (Lipinski definition) is 1. The first-order chi connectivity index (χ1) is 12.3. The summed E-state index contributed by atoms with van der Waals surface area (Å²) in [5, 5.41) is 4.02. The lowest BCUT2D eigenvalue weighted by Crippen LogP contribution is -2.33. The minimum Gasteiger partial charge on any atom is -0.303 e. The van der Waals surface area contributed by atoms with Crippen molar-refractivity contribution in [1.29, 1.82) is 0 Å². The fourth-order valence-electron chi connectivity index (χ4n) is 4.97. The average molecular weight is 332 g/mol. The van der Waals surface area contributed by atoms with Gasteiger partial charge in [0.05, 0.1) is 6.04 Å². The lowest BCUT2D eigenvalue weighted by molar-refractivity contribution is 0.253. The molecule has 2 unspecified atom stereocenters. The normalized spacial score (nSPS) is 28.7. The van der Waals surface area contributed by atoms with Crippen molar-refractivity contribution in [2.45, 2.75) is 51.1 Å². The van der Waals surface area contributed by atoms with Crippen LogP contribution in [0, 0.1) is 11.3 Å². The van der Waals surface area contributed by atoms with E-state index in [0.717, 1.165) is 5.92 Å². The molecule has 2 aliphatic carbocycles. The molecule has 1 fully saturated rings. The highest BCUT2D eigenvalue weighted by Crippen LogP contribution is 2.50. The van der Waals surface area contributed by atoms with Crippen molar-refractivity contribution < 1.29 is 0 Å². The number of nitrogens with one attached hydrogen (secondary N) is 1. The molecule has 0 aliphatic heterocycles. The Morgan fingerprint density at radius 1 is 0.960 bits per heavy atom. The van der Waals surface area contributed by atoms with Gasteiger partial charge in [-0.3, -0.25) is 0 Å². The van der Waals surface area contributed by atoms with Crippen LogP contribution < -0.4 is 5.32 Å². The maximum atomic E-state index is 4.02. The van der Waals surface area contributed by atoms with E-state index in [1.807, 2.05) is 0 Å². The molecule has 3 atom stereocenters. The standard InChI is InChI=1S/C24H29N/c1-19-17-22(18-24(19)15-9-4-10-16-24)25-23(20-11-5-2-6-12-20)21-13-7-3-8-14-21/h2-3,5-9,11-15,19,22-23,25H,4,10,16-18H2,1H3/t19-,22?,24?/m1/s1. The highest BCUT2D eigenvalue weighted by molar-refractivity contribution is 5.32. The number of benzene rings is 2. The predicted molar refractivity (Wildman–Crippen MR) is 105 cm³/mol. The van der Waals surface area contributed by atoms with Gasteiger partial charge in [-0.1, -0.05) is 79.7 Å². The summed E-state index contributed by atoms with van der Waals surface area (Å²) in [5.74, 6) is 0.772. The van der Waals surface area contributed by atoms with E-state index < -0.39 is 0 Å². The van der Waals surface area contributed by atoms with E-state index in [1.165, 1.54) is 43.2 Å². The molecule has 1 saturated carbocycles. The molecule has 0 aromatic heterocycles. The first kappa shape index (κ1) is 16.6. The summed E-state index contributed by atoms with van der Waals surface area (Å²) >= 11 is 0. The van der Waals surface area contributed by atoms with Gasteiger partial charge < -0.3 is 5.32 Å². The maximum Gasteiger partial charge on any atom is 0.0578 e. The van der Waals surface area contributed by atoms with Crippen LogP contribution in [-0.2, 0) is 0 Å². The molecule has 2 aromatic carbocycles. The van der Waals surface area contributed by atoms with E-state index in [9.17, 15) is 0 Å². The van der Waals surface area contributed by atoms with Crippen LogP contribution in [0.15, 0.2) is 72.8 Å². The van der Waals surface area contributed by atoms with Crippen molar-refractivity contribution in [2.24, 2.45) is 11.3 Å². The quantitative estimate of drug-likeness (QED) is 0.689. The van der Waals surface area contributed by atoms with Crippen LogP contribution in [0.4, 0.5) is 0 Å². The largest absolute Gasteiger partial charge is 0.303 e. The van der Waals surface area contributed by atoms with Crippen LogP contribution in [0.25, 0.3) is 0 Å². The highest BCUT2D eigenvalue weighted by Gasteiger charge is 2.43. The summed E-state index contributed by atoms with van der Waals surface area (Å²) < 4.78 is 0. The molecule has 1 heteroatoms. The minimum absolute atomic E-state index is 0.280. The Labute approximate surface area is 152 Å². The third kappa shape index (κ3) is 3.43. The molecule has 1 spiro atoms. The van der Waals surface area contributed by atoms with Crippen LogP contribution in [0.1, 0.15) is 56.2 Å². The van der Waals surface area contributed by atoms with Gasteiger partial charge >= 0.3 is 0 Å². The highest BCUT2D eigenvalue weighted by atomic mass is 15.0. The van der Waals surface area contributed by atoms with Gasteiger partial charge in [-0.15, -0.1) is 0 Å². The van der Waals surface area contributed by atoms with Crippen molar-refractivity contribution in [3.8, 4) is 0 Å². The monoisotopic (exact) mass is 331 g/mol. The smallest absolute Gasteiger partial charge is 0.0578 e. The summed E-state index contributed by atoms with van der Waals surface area (Å²) in [6.45, 7) is 2.46. The molecule has 0 amide bonds. The zero-order valence-corrected chi connectivity index (χ0v) is 15.2. The Balaban J connectivity index is 1.58. The Bertz CT molecular complexity index is 666. The van der Waals surface area contributed by atoms with Gasteiger partial charge in [0, 0.05) is 6.04 Å². The first-order valence-electron chi connectivity index (χ1n) is 9.80. The van der Waals surface area contributed by atoms with E-state index in [2.05, 4.69) is 85.1 Å². The van der Waals surface area contributed by atoms with Crippen LogP contribution in [0.3, 0.4) is 0 Å². The van der Waals surface area contributed by atoms with Crippen LogP contribution >= 0.6 is 0 Å². The maximum absolute atomic E-state index is 4.02. The van der Waals surface area contributed by atoms with Gasteiger partial charge in [0.2, 0.25) is 0 Å². The third-order valence-electron chi connectivity index (χ3n) is 6.38. The summed E-state index contributed by atoms with van der Waals surface area (Å²) in [5.41, 5.74) is 3.16. The SMILES string of the molecule is C[C@@H]1CC(NC(c2ccccc2)c2ccccc2)CC12C=CCCC2. The van der Waals surface area contributed by atoms with E-state index in [0.29, 0.717) is 11.5 Å². The molecule has 130 valence electrons. The molecule has 4 rings (SSSR count). The minimum atomic E-state index is 0.280. The fourth-order valence-corrected chi connectivity index (χ4v) is 4.97. The van der Waals surface area contributed by atoms with E-state index in [1.54, 1.807) is 0 Å². The van der Waals surface area contributed by atoms with Gasteiger partial charge in [-0.25, -0.2) is 0 Å². The van der Waals surface area contributed by atoms with E-state index >= 15 is 0 Å². The van der Waals surface area contributed by atoms with Crippen molar-refractivity contribution in [1.82, 2.24) is 5.32 Å². The molecule has 1 N–H and O–H groups in total. The molecule has 0 saturated heterocycles. The van der Waals surface area contributed by atoms with Crippen LogP contribution in [0.2, 0.25) is 0 Å². The van der Waals surface area contributed by atoms with Crippen molar-refractivity contribution in [3.63, 3.8) is 0 Å². The lowest BCUT2D eigenvalue weighted by Gasteiger charge is -2.33. The molecule has 2 aliphatic rings. The van der Waals surface area contributed by atoms with Gasteiger partial charge in [-0.05, 0) is 54.6 Å². The average Bonchev–Trinajstić information content (AvgIpc) is 2.96. The van der Waals surface area contributed by atoms with Crippen molar-refractivity contribution >= 4 is 0 Å². The molecular formula is C24H29N. The lowest BCUT2D eigenvalue weighted by atomic mass is 9.72. The molecule has 2 aromatic rings. The zero-order chi connectivity index (χ0) is 17.1. The number of rotatable bonds is 4. The van der Waals surface area contributed by atoms with Crippen molar-refractivity contribution in [2.75, 3.05) is 0 Å². The predicted octanol–water partition coefficient (Wildman–Crippen LogP) is 5.89. The zero-order valence-electron chi connectivity index (χ0n) is 15.2. The van der Waals surface area contributed by atoms with E-state index in [-0.39, 0.29) is 6.04 Å². The van der Waals surface area contributed by atoms with Crippen LogP contribution in [0.5, 0.6) is 0 Å². The summed E-state index contributed by atoms with van der Waals surface area (Å²) in [6, 6.07) is 22.7. The molecule has 0 bridgehead atoms. The molecular weight excluding hydrogens is 302 g/mol. The Kier molecular flexibility index (Phi) is 4.76. The molecule has 0 radical (unpaired) electrons. The summed E-state index contributed by atoms with van der Waals surface area (Å²) in [7, 11) is 0. The molecule has 1 nitrogen and oxygen atoms in total. The molecule has 0 heterocycles. The Morgan fingerprint density at radius 3 is 2.16 bits per heavy atom. The van der Waals surface area contributed by atoms with Gasteiger partial charge in [0.1, 0.15) is 0 Å². The second-order valence-corrected chi connectivity index (χ2v) is 7.99. The first-order valence-corrected chi connectivity index (χ1v) is 9.80. The fraction of sp³-hybridized carbons (Fsp3) is 0.417. The van der Waals surface area contributed by atoms with Gasteiger partial charge in [0.25, 0.3) is 0 Å². The Hall–Kier alpha value is -1.86. The third-order valence-corrected chi connectivity index (χ3v) is 6.38. The van der Waals surface area contributed by atoms with Crippen LogP contribution in [-0.4, -0.2) is 6.04 Å².